The van der Waals surface area contributed by atoms with Crippen LogP contribution in [0.5, 0.6) is 0 Å². The molecule has 1 saturated heterocycles. The Morgan fingerprint density at radius 1 is 1.23 bits per heavy atom. The molecule has 1 atom stereocenters. The third kappa shape index (κ3) is 2.50. The molecule has 4 aromatic rings. The summed E-state index contributed by atoms with van der Waals surface area (Å²) in [5.41, 5.74) is 1.35. The number of carbonyl (C=O) groups is 1. The molecular formula is C18H15N5O2S. The average Bonchev–Trinajstić information content (AvgIpc) is 3.44. The molecule has 0 unspecified atom stereocenters. The molecule has 0 aliphatic carbocycles. The molecule has 1 aliphatic rings. The number of likely N-dealkylation sites (tertiary alicyclic amines) is 1. The number of fused-ring (bicyclic) bond motifs is 1. The Bertz CT molecular complexity index is 1040. The van der Waals surface area contributed by atoms with Crippen molar-refractivity contribution in [3.63, 3.8) is 0 Å². The van der Waals surface area contributed by atoms with E-state index in [2.05, 4.69) is 15.1 Å². The van der Waals surface area contributed by atoms with Crippen molar-refractivity contribution in [1.82, 2.24) is 24.4 Å². The Kier molecular flexibility index (Phi) is 3.56. The first-order valence-corrected chi connectivity index (χ1v) is 9.30. The molecule has 4 heterocycles. The Hall–Kier alpha value is -3.00. The highest BCUT2D eigenvalue weighted by Gasteiger charge is 2.35. The Morgan fingerprint density at radius 2 is 2.12 bits per heavy atom. The summed E-state index contributed by atoms with van der Waals surface area (Å²) in [6.45, 7) is 0.664. The summed E-state index contributed by atoms with van der Waals surface area (Å²) < 4.78 is 7.35. The van der Waals surface area contributed by atoms with Crippen LogP contribution in [0.25, 0.3) is 16.3 Å². The number of carbonyl (C=O) groups excluding carboxylic acids is 1. The van der Waals surface area contributed by atoms with Gasteiger partial charge in [0.05, 0.1) is 0 Å². The molecule has 1 fully saturated rings. The van der Waals surface area contributed by atoms with Crippen LogP contribution in [0.15, 0.2) is 52.6 Å². The molecule has 26 heavy (non-hydrogen) atoms. The second-order valence-electron chi connectivity index (χ2n) is 6.20. The van der Waals surface area contributed by atoms with Gasteiger partial charge in [0.25, 0.3) is 5.91 Å². The van der Waals surface area contributed by atoms with Gasteiger partial charge in [-0.15, -0.1) is 11.3 Å². The molecule has 0 radical (unpaired) electrons. The summed E-state index contributed by atoms with van der Waals surface area (Å²) in [5, 5.41) is 6.03. The number of hydrogen-bond acceptors (Lipinski definition) is 6. The van der Waals surface area contributed by atoms with E-state index in [0.717, 1.165) is 23.4 Å². The minimum Gasteiger partial charge on any atom is -0.337 e. The van der Waals surface area contributed by atoms with Crippen molar-refractivity contribution < 1.29 is 9.32 Å². The first kappa shape index (κ1) is 15.3. The maximum absolute atomic E-state index is 12.9. The SMILES string of the molecule is O=C(c1cn2ccsc2n1)N1CCC[C@@H]1c1nc(-c2ccccc2)no1. The van der Waals surface area contributed by atoms with Gasteiger partial charge in [-0.1, -0.05) is 35.5 Å². The third-order valence-corrected chi connectivity index (χ3v) is 5.36. The predicted molar refractivity (Wildman–Crippen MR) is 95.8 cm³/mol. The van der Waals surface area contributed by atoms with Gasteiger partial charge in [0, 0.05) is 29.9 Å². The molecule has 5 rings (SSSR count). The normalized spacial score (nSPS) is 17.2. The van der Waals surface area contributed by atoms with Crippen LogP contribution in [0.3, 0.4) is 0 Å². The van der Waals surface area contributed by atoms with Crippen LogP contribution in [-0.4, -0.2) is 36.9 Å². The molecule has 1 aliphatic heterocycles. The van der Waals surface area contributed by atoms with Crippen LogP contribution in [-0.2, 0) is 0 Å². The largest absolute Gasteiger partial charge is 0.337 e. The van der Waals surface area contributed by atoms with Gasteiger partial charge in [-0.2, -0.15) is 4.98 Å². The fourth-order valence-corrected chi connectivity index (χ4v) is 4.02. The summed E-state index contributed by atoms with van der Waals surface area (Å²) in [5.74, 6) is 0.931. The van der Waals surface area contributed by atoms with Crippen molar-refractivity contribution in [2.24, 2.45) is 0 Å². The van der Waals surface area contributed by atoms with Crippen LogP contribution >= 0.6 is 11.3 Å². The van der Waals surface area contributed by atoms with Gasteiger partial charge in [0.2, 0.25) is 11.7 Å². The summed E-state index contributed by atoms with van der Waals surface area (Å²) in [4.78, 5) is 24.5. The first-order chi connectivity index (χ1) is 12.8. The molecule has 0 N–H and O–H groups in total. The number of aromatic nitrogens is 4. The summed E-state index contributed by atoms with van der Waals surface area (Å²) in [7, 11) is 0. The molecule has 130 valence electrons. The van der Waals surface area contributed by atoms with Crippen molar-refractivity contribution in [2.75, 3.05) is 6.54 Å². The second-order valence-corrected chi connectivity index (χ2v) is 7.07. The van der Waals surface area contributed by atoms with Gasteiger partial charge in [0.1, 0.15) is 11.7 Å². The molecule has 7 nitrogen and oxygen atoms in total. The molecule has 0 spiro atoms. The van der Waals surface area contributed by atoms with Crippen molar-refractivity contribution in [1.29, 1.82) is 0 Å². The number of imidazole rings is 1. The van der Waals surface area contributed by atoms with Gasteiger partial charge < -0.3 is 9.42 Å². The van der Waals surface area contributed by atoms with E-state index < -0.39 is 0 Å². The number of benzene rings is 1. The molecule has 1 amide bonds. The van der Waals surface area contributed by atoms with Crippen molar-refractivity contribution in [3.05, 3.63) is 59.7 Å². The van der Waals surface area contributed by atoms with Crippen molar-refractivity contribution in [2.45, 2.75) is 18.9 Å². The highest BCUT2D eigenvalue weighted by atomic mass is 32.1. The van der Waals surface area contributed by atoms with Crippen molar-refractivity contribution >= 4 is 22.2 Å². The second kappa shape index (κ2) is 6.06. The van der Waals surface area contributed by atoms with E-state index in [-0.39, 0.29) is 11.9 Å². The lowest BCUT2D eigenvalue weighted by molar-refractivity contribution is 0.0705. The molecule has 0 saturated carbocycles. The fraction of sp³-hybridized carbons (Fsp3) is 0.222. The Morgan fingerprint density at radius 3 is 2.96 bits per heavy atom. The van der Waals surface area contributed by atoms with E-state index in [1.54, 1.807) is 11.1 Å². The number of amides is 1. The maximum Gasteiger partial charge on any atom is 0.274 e. The van der Waals surface area contributed by atoms with Crippen LogP contribution in [0.2, 0.25) is 0 Å². The van der Waals surface area contributed by atoms with Gasteiger partial charge in [0.15, 0.2) is 4.96 Å². The van der Waals surface area contributed by atoms with Crippen LogP contribution < -0.4 is 0 Å². The predicted octanol–water partition coefficient (Wildman–Crippen LogP) is 3.42. The number of rotatable bonds is 3. The molecule has 1 aromatic carbocycles. The number of nitrogens with zero attached hydrogens (tertiary/aromatic N) is 5. The van der Waals surface area contributed by atoms with Gasteiger partial charge in [-0.05, 0) is 12.8 Å². The molecular weight excluding hydrogens is 350 g/mol. The van der Waals surface area contributed by atoms with Gasteiger partial charge in [-0.3, -0.25) is 9.20 Å². The smallest absolute Gasteiger partial charge is 0.274 e. The van der Waals surface area contributed by atoms with E-state index >= 15 is 0 Å². The third-order valence-electron chi connectivity index (χ3n) is 4.58. The topological polar surface area (TPSA) is 76.5 Å². The van der Waals surface area contributed by atoms with Gasteiger partial charge in [-0.25, -0.2) is 4.98 Å². The molecule has 0 bridgehead atoms. The zero-order valence-corrected chi connectivity index (χ0v) is 14.6. The zero-order valence-electron chi connectivity index (χ0n) is 13.8. The molecule has 8 heteroatoms. The van der Waals surface area contributed by atoms with Crippen LogP contribution in [0.4, 0.5) is 0 Å². The number of thiazole rings is 1. The highest BCUT2D eigenvalue weighted by molar-refractivity contribution is 7.15. The van der Waals surface area contributed by atoms with E-state index in [4.69, 9.17) is 4.52 Å². The van der Waals surface area contributed by atoms with Crippen LogP contribution in [0.1, 0.15) is 35.3 Å². The fourth-order valence-electron chi connectivity index (χ4n) is 3.32. The molecule has 3 aromatic heterocycles. The standard InChI is InChI=1S/C18H15N5O2S/c24-17(13-11-22-9-10-26-18(22)19-13)23-8-4-7-14(23)16-20-15(21-25-16)12-5-2-1-3-6-12/h1-3,5-6,9-11,14H,4,7-8H2/t14-/m1/s1. The first-order valence-electron chi connectivity index (χ1n) is 8.42. The van der Waals surface area contributed by atoms with E-state index in [9.17, 15) is 4.79 Å². The highest BCUT2D eigenvalue weighted by Crippen LogP contribution is 2.33. The van der Waals surface area contributed by atoms with Gasteiger partial charge >= 0.3 is 0 Å². The quantitative estimate of drug-likeness (QED) is 0.556. The van der Waals surface area contributed by atoms with E-state index in [0.29, 0.717) is 24.0 Å². The zero-order chi connectivity index (χ0) is 17.5. The lowest BCUT2D eigenvalue weighted by Gasteiger charge is -2.20. The minimum atomic E-state index is -0.202. The number of hydrogen-bond donors (Lipinski definition) is 0. The maximum atomic E-state index is 12.9. The van der Waals surface area contributed by atoms with Crippen LogP contribution in [0, 0.1) is 0 Å². The van der Waals surface area contributed by atoms with E-state index in [1.165, 1.54) is 11.3 Å². The summed E-state index contributed by atoms with van der Waals surface area (Å²) >= 11 is 1.51. The minimum absolute atomic E-state index is 0.0946. The Labute approximate surface area is 152 Å². The lowest BCUT2D eigenvalue weighted by Crippen LogP contribution is -2.31. The lowest BCUT2D eigenvalue weighted by atomic mass is 10.2. The monoisotopic (exact) mass is 365 g/mol. The summed E-state index contributed by atoms with van der Waals surface area (Å²) in [6, 6.07) is 9.47. The average molecular weight is 365 g/mol. The Balaban J connectivity index is 1.43. The summed E-state index contributed by atoms with van der Waals surface area (Å²) in [6.07, 6.45) is 5.38. The van der Waals surface area contributed by atoms with Crippen molar-refractivity contribution in [3.8, 4) is 11.4 Å². The van der Waals surface area contributed by atoms with E-state index in [1.807, 2.05) is 46.3 Å².